The molecule has 3 aromatic rings. The van der Waals surface area contributed by atoms with Crippen LogP contribution in [0, 0.1) is 5.82 Å². The molecule has 11 heteroatoms. The van der Waals surface area contributed by atoms with Gasteiger partial charge in [0.2, 0.25) is 0 Å². The zero-order chi connectivity index (χ0) is 25.5. The molecule has 1 aromatic carbocycles. The summed E-state index contributed by atoms with van der Waals surface area (Å²) >= 11 is 0. The smallest absolute Gasteiger partial charge is 0.192 e. The topological polar surface area (TPSA) is 106 Å². The quantitative estimate of drug-likeness (QED) is 0.474. The molecule has 0 amide bonds. The molecule has 3 heterocycles. The molecule has 190 valence electrons. The summed E-state index contributed by atoms with van der Waals surface area (Å²) in [5, 5.41) is 21.5. The number of benzene rings is 1. The van der Waals surface area contributed by atoms with Crippen LogP contribution in [0.5, 0.6) is 0 Å². The molecule has 2 N–H and O–H groups in total. The number of rotatable bonds is 7. The average molecular weight is 504 g/mol. The Labute approximate surface area is 205 Å². The van der Waals surface area contributed by atoms with Crippen LogP contribution in [0.3, 0.4) is 0 Å². The Bertz CT molecular complexity index is 1180. The third-order valence-corrected chi connectivity index (χ3v) is 11.5. The van der Waals surface area contributed by atoms with Crippen molar-refractivity contribution in [1.29, 1.82) is 0 Å². The van der Waals surface area contributed by atoms with Gasteiger partial charge in [-0.05, 0) is 35.8 Å². The number of aromatic nitrogens is 4. The number of fused-ring (bicyclic) bond motifs is 1. The molecule has 0 aliphatic carbocycles. The van der Waals surface area contributed by atoms with Crippen LogP contribution in [0.2, 0.25) is 18.1 Å². The lowest BCUT2D eigenvalue weighted by atomic mass is 10.1. The van der Waals surface area contributed by atoms with Crippen LogP contribution in [0.4, 0.5) is 10.2 Å². The van der Waals surface area contributed by atoms with Crippen LogP contribution in [-0.2, 0) is 15.7 Å². The zero-order valence-electron chi connectivity index (χ0n) is 21.0. The highest BCUT2D eigenvalue weighted by molar-refractivity contribution is 6.74. The highest BCUT2D eigenvalue weighted by Crippen LogP contribution is 2.38. The molecule has 4 rings (SSSR count). The summed E-state index contributed by atoms with van der Waals surface area (Å²) in [6, 6.07) is 6.38. The third-order valence-electron chi connectivity index (χ3n) is 7.04. The molecule has 0 radical (unpaired) electrons. The molecule has 2 aromatic heterocycles. The summed E-state index contributed by atoms with van der Waals surface area (Å²) in [5.74, 6) is 0.259. The van der Waals surface area contributed by atoms with Crippen molar-refractivity contribution in [3.8, 4) is 0 Å². The maximum absolute atomic E-state index is 13.6. The lowest BCUT2D eigenvalue weighted by Gasteiger charge is -2.37. The number of aliphatic hydroxyl groups excluding tert-OH is 2. The van der Waals surface area contributed by atoms with Crippen LogP contribution >= 0.6 is 0 Å². The highest BCUT2D eigenvalue weighted by Gasteiger charge is 2.46. The second-order valence-electron chi connectivity index (χ2n) is 10.6. The van der Waals surface area contributed by atoms with Gasteiger partial charge in [0.1, 0.15) is 30.5 Å². The standard InChI is InChI=1S/C24H34FN5O4Si/c1-24(2,3)35(5,6)33-12-17-19(31)20(32)23(34-17)30-14-28-18-21(26-13-27-22(18)30)29(4)11-15-8-7-9-16(25)10-15/h7-10,13-14,17,19-20,23,31-32H,11-12H2,1-6H3/t17-,19-,20-,23-/m1/s1. The van der Waals surface area contributed by atoms with Crippen molar-refractivity contribution in [3.63, 3.8) is 0 Å². The van der Waals surface area contributed by atoms with Crippen molar-refractivity contribution >= 4 is 25.3 Å². The maximum Gasteiger partial charge on any atom is 0.192 e. The molecule has 1 aliphatic rings. The van der Waals surface area contributed by atoms with Crippen molar-refractivity contribution in [2.24, 2.45) is 0 Å². The van der Waals surface area contributed by atoms with E-state index in [-0.39, 0.29) is 17.5 Å². The van der Waals surface area contributed by atoms with Crippen LogP contribution in [0.1, 0.15) is 32.6 Å². The van der Waals surface area contributed by atoms with Gasteiger partial charge in [0.25, 0.3) is 0 Å². The Balaban J connectivity index is 1.54. The number of imidazole rings is 1. The first-order chi connectivity index (χ1) is 16.4. The Kier molecular flexibility index (Phi) is 6.99. The van der Waals surface area contributed by atoms with Gasteiger partial charge in [0.15, 0.2) is 31.5 Å². The van der Waals surface area contributed by atoms with E-state index in [4.69, 9.17) is 9.16 Å². The third kappa shape index (κ3) is 5.10. The van der Waals surface area contributed by atoms with Gasteiger partial charge < -0.3 is 24.3 Å². The van der Waals surface area contributed by atoms with Gasteiger partial charge in [-0.25, -0.2) is 19.3 Å². The average Bonchev–Trinajstić information content (AvgIpc) is 3.32. The molecule has 1 aliphatic heterocycles. The summed E-state index contributed by atoms with van der Waals surface area (Å²) in [5.41, 5.74) is 1.77. The van der Waals surface area contributed by atoms with Gasteiger partial charge in [-0.1, -0.05) is 32.9 Å². The SMILES string of the molecule is CN(Cc1cccc(F)c1)c1ncnc2c1ncn2[C@@H]1O[C@H](CO[Si](C)(C)C(C)(C)C)[C@@H](O)[C@H]1O. The predicted molar refractivity (Wildman–Crippen MR) is 133 cm³/mol. The van der Waals surface area contributed by atoms with Crippen molar-refractivity contribution in [3.05, 3.63) is 48.3 Å². The second-order valence-corrected chi connectivity index (χ2v) is 15.4. The molecular weight excluding hydrogens is 469 g/mol. The number of hydrogen-bond donors (Lipinski definition) is 2. The maximum atomic E-state index is 13.6. The van der Waals surface area contributed by atoms with Gasteiger partial charge in [0, 0.05) is 13.6 Å². The molecule has 9 nitrogen and oxygen atoms in total. The van der Waals surface area contributed by atoms with E-state index < -0.39 is 32.9 Å². The Morgan fingerprint density at radius 1 is 1.17 bits per heavy atom. The molecule has 1 saturated heterocycles. The number of ether oxygens (including phenoxy) is 1. The Morgan fingerprint density at radius 3 is 2.60 bits per heavy atom. The number of halogens is 1. The van der Waals surface area contributed by atoms with E-state index in [0.717, 1.165) is 5.56 Å². The summed E-state index contributed by atoms with van der Waals surface area (Å²) in [6.07, 6.45) is -0.912. The summed E-state index contributed by atoms with van der Waals surface area (Å²) in [4.78, 5) is 15.1. The zero-order valence-corrected chi connectivity index (χ0v) is 22.0. The van der Waals surface area contributed by atoms with Gasteiger partial charge in [-0.2, -0.15) is 0 Å². The minimum absolute atomic E-state index is 0.0139. The van der Waals surface area contributed by atoms with Crippen molar-refractivity contribution in [2.45, 2.75) is 70.0 Å². The second kappa shape index (κ2) is 9.55. The molecule has 35 heavy (non-hydrogen) atoms. The Hall–Kier alpha value is -2.44. The van der Waals surface area contributed by atoms with Gasteiger partial charge in [0.05, 0.1) is 12.9 Å². The van der Waals surface area contributed by atoms with Crippen molar-refractivity contribution in [2.75, 3.05) is 18.6 Å². The van der Waals surface area contributed by atoms with Crippen molar-refractivity contribution < 1.29 is 23.8 Å². The minimum atomic E-state index is -2.05. The molecule has 4 atom stereocenters. The summed E-state index contributed by atoms with van der Waals surface area (Å²) in [7, 11) is -0.216. The summed E-state index contributed by atoms with van der Waals surface area (Å²) in [6.45, 7) is 11.3. The van der Waals surface area contributed by atoms with E-state index >= 15 is 0 Å². The molecule has 0 unspecified atom stereocenters. The molecule has 0 spiro atoms. The lowest BCUT2D eigenvalue weighted by Crippen LogP contribution is -2.44. The number of aliphatic hydroxyl groups is 2. The lowest BCUT2D eigenvalue weighted by molar-refractivity contribution is -0.0491. The number of nitrogens with zero attached hydrogens (tertiary/aromatic N) is 5. The fourth-order valence-corrected chi connectivity index (χ4v) is 4.91. The number of anilines is 1. The normalized spacial score (nSPS) is 23.2. The van der Waals surface area contributed by atoms with E-state index in [1.165, 1.54) is 24.8 Å². The van der Waals surface area contributed by atoms with Crippen LogP contribution < -0.4 is 4.90 Å². The van der Waals surface area contributed by atoms with Gasteiger partial charge >= 0.3 is 0 Å². The fourth-order valence-electron chi connectivity index (χ4n) is 3.89. The van der Waals surface area contributed by atoms with Crippen LogP contribution in [0.15, 0.2) is 36.9 Å². The molecule has 1 fully saturated rings. The van der Waals surface area contributed by atoms with Gasteiger partial charge in [-0.15, -0.1) is 0 Å². The van der Waals surface area contributed by atoms with Gasteiger partial charge in [-0.3, -0.25) is 4.57 Å². The van der Waals surface area contributed by atoms with Crippen LogP contribution in [-0.4, -0.2) is 70.0 Å². The molecule has 0 saturated carbocycles. The number of hydrogen-bond acceptors (Lipinski definition) is 8. The van der Waals surface area contributed by atoms with Crippen LogP contribution in [0.25, 0.3) is 11.2 Å². The fraction of sp³-hybridized carbons (Fsp3) is 0.542. The monoisotopic (exact) mass is 503 g/mol. The molecule has 0 bridgehead atoms. The van der Waals surface area contributed by atoms with E-state index in [9.17, 15) is 14.6 Å². The first-order valence-corrected chi connectivity index (χ1v) is 14.6. The van der Waals surface area contributed by atoms with E-state index in [0.29, 0.717) is 23.5 Å². The first-order valence-electron chi connectivity index (χ1n) is 11.7. The van der Waals surface area contributed by atoms with E-state index in [1.54, 1.807) is 10.6 Å². The van der Waals surface area contributed by atoms with Crippen molar-refractivity contribution in [1.82, 2.24) is 19.5 Å². The highest BCUT2D eigenvalue weighted by atomic mass is 28.4. The first kappa shape index (κ1) is 25.6. The largest absolute Gasteiger partial charge is 0.414 e. The van der Waals surface area contributed by atoms with E-state index in [2.05, 4.69) is 48.8 Å². The molecular formula is C24H34FN5O4Si. The predicted octanol–water partition coefficient (Wildman–Crippen LogP) is 3.24. The van der Waals surface area contributed by atoms with E-state index in [1.807, 2.05) is 18.0 Å². The summed E-state index contributed by atoms with van der Waals surface area (Å²) < 4.78 is 27.5. The Morgan fingerprint density at radius 2 is 1.91 bits per heavy atom. The minimum Gasteiger partial charge on any atom is -0.414 e.